The van der Waals surface area contributed by atoms with Crippen LogP contribution in [-0.2, 0) is 28.2 Å². The molecule has 0 aliphatic carbocycles. The molecule has 2 N–H and O–H groups in total. The van der Waals surface area contributed by atoms with E-state index in [1.807, 2.05) is 0 Å². The highest BCUT2D eigenvalue weighted by atomic mass is 31.2. The smallest absolute Gasteiger partial charge is 0.462 e. The molecule has 1 atom stereocenters. The summed E-state index contributed by atoms with van der Waals surface area (Å²) in [5.41, 5.74) is 0. The summed E-state index contributed by atoms with van der Waals surface area (Å²) in [5.74, 6) is -0.907. The van der Waals surface area contributed by atoms with E-state index >= 15 is 0 Å². The summed E-state index contributed by atoms with van der Waals surface area (Å²) < 4.78 is 26.3. The molecule has 0 aromatic carbocycles. The normalized spacial score (nSPS) is 12.9. The van der Waals surface area contributed by atoms with Crippen LogP contribution < -0.4 is 0 Å². The molecule has 0 radical (unpaired) electrons. The Kier molecular flexibility index (Phi) is 32.9. The molecule has 0 bridgehead atoms. The Morgan fingerprint density at radius 3 is 1.49 bits per heavy atom. The number of phosphoric acid groups is 1. The van der Waals surface area contributed by atoms with E-state index in [4.69, 9.17) is 19.3 Å². The molecule has 0 aromatic rings. The largest absolute Gasteiger partial charge is 0.469 e. The molecule has 0 aliphatic rings. The van der Waals surface area contributed by atoms with Gasteiger partial charge < -0.3 is 19.3 Å². The van der Waals surface area contributed by atoms with Gasteiger partial charge in [0.05, 0.1) is 6.61 Å². The molecular formula is C38H69O8P. The topological polar surface area (TPSA) is 119 Å². The first-order chi connectivity index (χ1) is 22.8. The maximum absolute atomic E-state index is 12.3. The monoisotopic (exact) mass is 684 g/mol. The van der Waals surface area contributed by atoms with Gasteiger partial charge >= 0.3 is 19.8 Å². The Bertz CT molecular complexity index is 864. The second-order valence-corrected chi connectivity index (χ2v) is 13.8. The van der Waals surface area contributed by atoms with Crippen LogP contribution in [0.2, 0.25) is 0 Å². The van der Waals surface area contributed by atoms with Gasteiger partial charge in [-0.3, -0.25) is 14.1 Å². The summed E-state index contributed by atoms with van der Waals surface area (Å²) in [7, 11) is -4.75. The fraction of sp³-hybridized carbons (Fsp3) is 0.789. The zero-order valence-electron chi connectivity index (χ0n) is 29.9. The molecule has 0 saturated heterocycles. The van der Waals surface area contributed by atoms with Gasteiger partial charge in [-0.2, -0.15) is 0 Å². The number of allylic oxidation sites excluding steroid dienone is 6. The zero-order chi connectivity index (χ0) is 34.7. The van der Waals surface area contributed by atoms with E-state index < -0.39 is 32.5 Å². The third-order valence-electron chi connectivity index (χ3n) is 7.88. The molecule has 47 heavy (non-hydrogen) atoms. The highest BCUT2D eigenvalue weighted by Gasteiger charge is 2.22. The summed E-state index contributed by atoms with van der Waals surface area (Å²) in [6.07, 6.45) is 38.6. The quantitative estimate of drug-likeness (QED) is 0.0297. The van der Waals surface area contributed by atoms with Crippen LogP contribution in [-0.4, -0.2) is 41.0 Å². The summed E-state index contributed by atoms with van der Waals surface area (Å²) in [6.45, 7) is 3.60. The van der Waals surface area contributed by atoms with E-state index in [0.29, 0.717) is 12.8 Å². The Hall–Kier alpha value is -1.73. The Balaban J connectivity index is 4.00. The van der Waals surface area contributed by atoms with Crippen molar-refractivity contribution in [2.45, 2.75) is 180 Å². The molecule has 0 aliphatic heterocycles. The van der Waals surface area contributed by atoms with Crippen LogP contribution in [0, 0.1) is 0 Å². The molecule has 0 aromatic heterocycles. The number of carbonyl (C=O) groups is 2. The molecule has 0 spiro atoms. The summed E-state index contributed by atoms with van der Waals surface area (Å²) >= 11 is 0. The average molecular weight is 685 g/mol. The van der Waals surface area contributed by atoms with Gasteiger partial charge in [-0.05, 0) is 64.2 Å². The third kappa shape index (κ3) is 36.9. The minimum absolute atomic E-state index is 0.204. The Labute approximate surface area is 287 Å². The molecule has 274 valence electrons. The van der Waals surface area contributed by atoms with E-state index in [0.717, 1.165) is 70.6 Å². The van der Waals surface area contributed by atoms with E-state index in [-0.39, 0.29) is 19.4 Å². The highest BCUT2D eigenvalue weighted by Crippen LogP contribution is 2.36. The lowest BCUT2D eigenvalue weighted by molar-refractivity contribution is -0.161. The predicted molar refractivity (Wildman–Crippen MR) is 193 cm³/mol. The first kappa shape index (κ1) is 45.3. The molecule has 0 saturated carbocycles. The van der Waals surface area contributed by atoms with E-state index in [1.54, 1.807) is 0 Å². The molecule has 0 heterocycles. The van der Waals surface area contributed by atoms with Crippen LogP contribution in [0.1, 0.15) is 174 Å². The van der Waals surface area contributed by atoms with Crippen molar-refractivity contribution >= 4 is 19.8 Å². The van der Waals surface area contributed by atoms with Crippen molar-refractivity contribution in [2.24, 2.45) is 0 Å². The lowest BCUT2D eigenvalue weighted by atomic mass is 10.1. The van der Waals surface area contributed by atoms with E-state index in [1.165, 1.54) is 64.2 Å². The molecule has 9 heteroatoms. The fourth-order valence-corrected chi connectivity index (χ4v) is 5.39. The summed E-state index contributed by atoms with van der Waals surface area (Å²) in [4.78, 5) is 42.7. The molecule has 0 fully saturated rings. The second kappa shape index (κ2) is 34.1. The number of hydrogen-bond acceptors (Lipinski definition) is 6. The molecule has 0 rings (SSSR count). The SMILES string of the molecule is CCCC/C=C/C/C=C/CCCCCCCC(=O)OC[C@H](COP(=O)(O)O)OC(=O)CCCCCCCCC/C=C/CCCCCC. The van der Waals surface area contributed by atoms with E-state index in [2.05, 4.69) is 54.8 Å². The zero-order valence-corrected chi connectivity index (χ0v) is 30.8. The lowest BCUT2D eigenvalue weighted by Crippen LogP contribution is -2.29. The van der Waals surface area contributed by atoms with Crippen LogP contribution in [0.3, 0.4) is 0 Å². The van der Waals surface area contributed by atoms with Crippen LogP contribution in [0.4, 0.5) is 0 Å². The van der Waals surface area contributed by atoms with Gasteiger partial charge in [0.25, 0.3) is 0 Å². The van der Waals surface area contributed by atoms with Crippen molar-refractivity contribution in [2.75, 3.05) is 13.2 Å². The highest BCUT2D eigenvalue weighted by molar-refractivity contribution is 7.46. The Morgan fingerprint density at radius 2 is 0.979 bits per heavy atom. The van der Waals surface area contributed by atoms with Gasteiger partial charge in [0.15, 0.2) is 6.10 Å². The van der Waals surface area contributed by atoms with Crippen LogP contribution in [0.25, 0.3) is 0 Å². The number of unbranched alkanes of at least 4 members (excludes halogenated alkanes) is 18. The van der Waals surface area contributed by atoms with Gasteiger partial charge in [0, 0.05) is 12.8 Å². The Morgan fingerprint density at radius 1 is 0.553 bits per heavy atom. The number of phosphoric ester groups is 1. The number of hydrogen-bond donors (Lipinski definition) is 2. The van der Waals surface area contributed by atoms with E-state index in [9.17, 15) is 14.2 Å². The lowest BCUT2D eigenvalue weighted by Gasteiger charge is -2.18. The number of ether oxygens (including phenoxy) is 2. The van der Waals surface area contributed by atoms with Gasteiger partial charge in [-0.15, -0.1) is 0 Å². The van der Waals surface area contributed by atoms with Gasteiger partial charge in [0.2, 0.25) is 0 Å². The average Bonchev–Trinajstić information content (AvgIpc) is 3.03. The predicted octanol–water partition coefficient (Wildman–Crippen LogP) is 11.0. The first-order valence-corrected chi connectivity index (χ1v) is 20.3. The van der Waals surface area contributed by atoms with Crippen molar-refractivity contribution in [3.05, 3.63) is 36.5 Å². The second-order valence-electron chi connectivity index (χ2n) is 12.5. The van der Waals surface area contributed by atoms with Crippen molar-refractivity contribution < 1.29 is 37.9 Å². The molecule has 0 amide bonds. The third-order valence-corrected chi connectivity index (χ3v) is 8.37. The number of carbonyl (C=O) groups excluding carboxylic acids is 2. The van der Waals surface area contributed by atoms with Gasteiger partial charge in [-0.1, -0.05) is 134 Å². The van der Waals surface area contributed by atoms with Crippen LogP contribution in [0.15, 0.2) is 36.5 Å². The summed E-state index contributed by atoms with van der Waals surface area (Å²) in [5, 5.41) is 0. The van der Waals surface area contributed by atoms with Crippen LogP contribution in [0.5, 0.6) is 0 Å². The maximum atomic E-state index is 12.3. The number of rotatable bonds is 34. The van der Waals surface area contributed by atoms with Gasteiger partial charge in [0.1, 0.15) is 6.61 Å². The molecular weight excluding hydrogens is 615 g/mol. The van der Waals surface area contributed by atoms with Crippen molar-refractivity contribution in [3.8, 4) is 0 Å². The number of esters is 2. The molecule has 8 nitrogen and oxygen atoms in total. The molecule has 0 unspecified atom stereocenters. The first-order valence-electron chi connectivity index (χ1n) is 18.8. The van der Waals surface area contributed by atoms with Gasteiger partial charge in [-0.25, -0.2) is 4.57 Å². The minimum Gasteiger partial charge on any atom is -0.462 e. The van der Waals surface area contributed by atoms with Crippen LogP contribution >= 0.6 is 7.82 Å². The standard InChI is InChI=1S/C38H69O8P/c1-3-5-7-9-11-13-15-17-19-21-23-25-27-29-31-33-38(40)46-36(35-45-47(41,42)43)34-44-37(39)32-30-28-26-24-22-20-18-16-14-12-10-8-6-4-2/h10,12-13,15-16,18,36H,3-9,11,14,17,19-35H2,1-2H3,(H2,41,42,43)/b12-10+,15-13+,18-16+/t36-/m1/s1. The maximum Gasteiger partial charge on any atom is 0.469 e. The van der Waals surface area contributed by atoms with Crippen molar-refractivity contribution in [1.82, 2.24) is 0 Å². The van der Waals surface area contributed by atoms with Crippen molar-refractivity contribution in [1.29, 1.82) is 0 Å². The summed E-state index contributed by atoms with van der Waals surface area (Å²) in [6, 6.07) is 0. The minimum atomic E-state index is -4.75. The fourth-order valence-electron chi connectivity index (χ4n) is 5.03. The van der Waals surface area contributed by atoms with Crippen molar-refractivity contribution in [3.63, 3.8) is 0 Å².